The van der Waals surface area contributed by atoms with E-state index in [1.54, 1.807) is 0 Å². The van der Waals surface area contributed by atoms with E-state index in [1.807, 2.05) is 0 Å². The van der Waals surface area contributed by atoms with Crippen LogP contribution in [0.2, 0.25) is 0 Å². The van der Waals surface area contributed by atoms with Gasteiger partial charge in [0.15, 0.2) is 9.84 Å². The van der Waals surface area contributed by atoms with E-state index < -0.39 is 102 Å². The maximum absolute atomic E-state index is 13.5. The van der Waals surface area contributed by atoms with Crippen LogP contribution in [0.15, 0.2) is 61.3 Å². The minimum atomic E-state index is -5.50. The van der Waals surface area contributed by atoms with Gasteiger partial charge in [0.2, 0.25) is 16.3 Å². The maximum atomic E-state index is 13.5. The molecule has 0 amide bonds. The maximum Gasteiger partial charge on any atom is 1.00 e. The molecule has 0 aliphatic carbocycles. The minimum Gasteiger partial charge on any atom is -0.744 e. The van der Waals surface area contributed by atoms with E-state index in [0.717, 1.165) is 12.1 Å². The van der Waals surface area contributed by atoms with E-state index in [4.69, 9.17) is 5.73 Å². The molecule has 228 valence electrons. The summed E-state index contributed by atoms with van der Waals surface area (Å²) in [7, 11) is -20.5. The van der Waals surface area contributed by atoms with Gasteiger partial charge < -0.3 is 24.7 Å². The quantitative estimate of drug-likeness (QED) is 0.0351. The molecular weight excluding hydrogens is 727 g/mol. The molecule has 0 spiro atoms. The Labute approximate surface area is 320 Å². The Morgan fingerprint density at radius 2 is 1.38 bits per heavy atom. The van der Waals surface area contributed by atoms with Crippen LogP contribution in [-0.4, -0.2) is 69.7 Å². The monoisotopic (exact) mass is 740 g/mol. The smallest absolute Gasteiger partial charge is 0.744 e. The predicted octanol–water partition coefficient (Wildman–Crippen LogP) is -8.43. The fraction of sp³-hybridized carbons (Fsp3) is 0.111. The molecule has 0 radical (unpaired) electrons. The Kier molecular flexibility index (Phi) is 16.8. The number of hydrogen-bond donors (Lipinski definition) is 2. The third-order valence-electron chi connectivity index (χ3n) is 4.73. The first-order valence-electron chi connectivity index (χ1n) is 10.4. The van der Waals surface area contributed by atoms with Crippen molar-refractivity contribution in [2.75, 3.05) is 23.4 Å². The molecule has 18 nitrogen and oxygen atoms in total. The summed E-state index contributed by atoms with van der Waals surface area (Å²) in [5, 5.41) is 9.39. The van der Waals surface area contributed by atoms with Crippen molar-refractivity contribution in [1.29, 1.82) is 0 Å². The summed E-state index contributed by atoms with van der Waals surface area (Å²) in [6.45, 7) is -1.13. The van der Waals surface area contributed by atoms with E-state index in [9.17, 15) is 56.1 Å². The second-order valence-electron chi connectivity index (χ2n) is 7.66. The van der Waals surface area contributed by atoms with Gasteiger partial charge in [0.05, 0.1) is 38.4 Å². The number of hydrogen-bond acceptors (Lipinski definition) is 18. The zero-order valence-corrected chi connectivity index (χ0v) is 32.3. The van der Waals surface area contributed by atoms with Gasteiger partial charge in [-0.3, -0.25) is 4.18 Å². The van der Waals surface area contributed by atoms with Crippen LogP contribution >= 0.6 is 0 Å². The first-order chi connectivity index (χ1) is 19.2. The van der Waals surface area contributed by atoms with Crippen LogP contribution in [0.5, 0.6) is 0 Å². The van der Waals surface area contributed by atoms with Crippen LogP contribution in [0, 0.1) is 12.0 Å². The van der Waals surface area contributed by atoms with Gasteiger partial charge in [-0.1, -0.05) is 0 Å². The average molecular weight is 741 g/mol. The zero-order chi connectivity index (χ0) is 31.7. The van der Waals surface area contributed by atoms with Crippen LogP contribution in [0.25, 0.3) is 0 Å². The molecule has 0 fully saturated rings. The molecule has 0 aliphatic rings. The molecule has 0 atom stereocenters. The van der Waals surface area contributed by atoms with Gasteiger partial charge in [-0.2, -0.15) is 18.7 Å². The first kappa shape index (κ1) is 44.2. The molecule has 2 aromatic carbocycles. The van der Waals surface area contributed by atoms with Gasteiger partial charge in [0.25, 0.3) is 0 Å². The molecule has 1 heterocycles. The van der Waals surface area contributed by atoms with Crippen molar-refractivity contribution in [3.8, 4) is 0 Å². The summed E-state index contributed by atoms with van der Waals surface area (Å²) in [6, 6.07) is 3.67. The van der Waals surface area contributed by atoms with Gasteiger partial charge in [-0.25, -0.2) is 33.7 Å². The van der Waals surface area contributed by atoms with Crippen molar-refractivity contribution in [3.63, 3.8) is 0 Å². The number of rotatable bonds is 11. The van der Waals surface area contributed by atoms with Gasteiger partial charge in [-0.05, 0) is 30.3 Å². The number of nitrogens with one attached hydrogen (secondary N) is 1. The van der Waals surface area contributed by atoms with E-state index in [0.29, 0.717) is 24.3 Å². The number of sulfone groups is 1. The molecule has 45 heavy (non-hydrogen) atoms. The normalized spacial score (nSPS) is 12.1. The molecule has 0 bridgehead atoms. The van der Waals surface area contributed by atoms with Crippen molar-refractivity contribution in [2.45, 2.75) is 14.7 Å². The van der Waals surface area contributed by atoms with Crippen molar-refractivity contribution in [1.82, 2.24) is 9.97 Å². The molecule has 0 saturated heterocycles. The van der Waals surface area contributed by atoms with E-state index in [1.165, 1.54) is 0 Å². The van der Waals surface area contributed by atoms with Crippen molar-refractivity contribution in [3.05, 3.63) is 48.4 Å². The fourth-order valence-corrected chi connectivity index (χ4v) is 5.84. The molecule has 3 aromatic rings. The number of anilines is 3. The van der Waals surface area contributed by atoms with E-state index in [-0.39, 0.29) is 94.4 Å². The topological polar surface area (TPSA) is 304 Å². The second kappa shape index (κ2) is 17.0. The number of benzene rings is 2. The number of azo groups is 1. The Morgan fingerprint density at radius 3 is 1.91 bits per heavy atom. The first-order valence-corrected chi connectivity index (χ1v) is 16.2. The molecule has 27 heteroatoms. The van der Waals surface area contributed by atoms with Gasteiger partial charge in [-0.15, -0.1) is 10.2 Å². The summed E-state index contributed by atoms with van der Waals surface area (Å²) in [5.41, 5.74) is 3.10. The largest absolute Gasteiger partial charge is 1.00 e. The van der Waals surface area contributed by atoms with Gasteiger partial charge in [0.1, 0.15) is 37.4 Å². The van der Waals surface area contributed by atoms with Crippen molar-refractivity contribution < 1.29 is 149 Å². The van der Waals surface area contributed by atoms with Crippen molar-refractivity contribution in [2.24, 2.45) is 10.2 Å². The summed E-state index contributed by atoms with van der Waals surface area (Å²) in [6.07, 6.45) is -1.52. The number of nitrogens with two attached hydrogens (primary N) is 1. The molecule has 3 rings (SSSR count). The molecular formula is C18H13F2N6Na3O12S4. The fourth-order valence-electron chi connectivity index (χ4n) is 3.02. The van der Waals surface area contributed by atoms with Crippen LogP contribution < -0.4 is 99.7 Å². The third kappa shape index (κ3) is 13.0. The van der Waals surface area contributed by atoms with Gasteiger partial charge in [0, 0.05) is 6.07 Å². The summed E-state index contributed by atoms with van der Waals surface area (Å²) >= 11 is 0. The summed E-state index contributed by atoms with van der Waals surface area (Å²) in [4.78, 5) is 2.88. The van der Waals surface area contributed by atoms with Crippen LogP contribution in [-0.2, 0) is 44.7 Å². The number of halogens is 2. The SMILES string of the molecule is Nc1cc(Nc2cc(F)nc(F)n2)c(N=Nc2ccc(S(=O)(=O)CCOS(=O)(=O)[O-])cc2S(=O)(=O)[O-])cc1S(=O)(=O)[O-].[Na+].[Na+].[Na+]. The van der Waals surface area contributed by atoms with Crippen LogP contribution in [0.1, 0.15) is 0 Å². The van der Waals surface area contributed by atoms with Crippen molar-refractivity contribution >= 4 is 69.0 Å². The standard InChI is InChI=1S/C18H16F2N6O12S4.3Na/c19-16-8-17(24-18(20)23-16)22-12-6-10(21)14(40(29,30)31)7-13(12)26-25-11-2-1-9(5-15(11)41(32,33)34)39(27,28)4-3-38-42(35,36)37;;;/h1-2,5-8H,3-4,21H2,(H,22,23,24)(H,29,30,31)(H,32,33,34)(H,35,36,37);;;/q;3*+1/p-3. The van der Waals surface area contributed by atoms with E-state index in [2.05, 4.69) is 29.7 Å². The Morgan fingerprint density at radius 1 is 0.800 bits per heavy atom. The average Bonchev–Trinajstić information content (AvgIpc) is 2.80. The number of nitrogens with zero attached hydrogens (tertiary/aromatic N) is 4. The van der Waals surface area contributed by atoms with Crippen LogP contribution in [0.4, 0.5) is 37.3 Å². The number of nitrogen functional groups attached to an aromatic ring is 1. The molecule has 0 unspecified atom stereocenters. The number of aromatic nitrogens is 2. The third-order valence-corrected chi connectivity index (χ3v) is 8.62. The second-order valence-corrected chi connectivity index (χ2v) is 13.5. The predicted molar refractivity (Wildman–Crippen MR) is 130 cm³/mol. The molecule has 0 aliphatic heterocycles. The molecule has 0 saturated carbocycles. The zero-order valence-electron chi connectivity index (χ0n) is 23.0. The summed E-state index contributed by atoms with van der Waals surface area (Å²) in [5.74, 6) is -3.01. The Bertz CT molecular complexity index is 2020. The van der Waals surface area contributed by atoms with Crippen LogP contribution in [0.3, 0.4) is 0 Å². The Hall–Kier alpha value is -0.780. The van der Waals surface area contributed by atoms with E-state index >= 15 is 0 Å². The van der Waals surface area contributed by atoms with Gasteiger partial charge >= 0.3 is 94.8 Å². The Balaban J connectivity index is 0.00000645. The minimum absolute atomic E-state index is 0. The molecule has 3 N–H and O–H groups in total. The molecule has 1 aromatic heterocycles. The summed E-state index contributed by atoms with van der Waals surface area (Å²) < 4.78 is 157.